The van der Waals surface area contributed by atoms with Crippen molar-refractivity contribution in [2.45, 2.75) is 6.92 Å². The highest BCUT2D eigenvalue weighted by Crippen LogP contribution is 2.40. The highest BCUT2D eigenvalue weighted by atomic mass is 16.5. The maximum atomic E-state index is 12.3. The van der Waals surface area contributed by atoms with Crippen LogP contribution in [0.3, 0.4) is 0 Å². The van der Waals surface area contributed by atoms with E-state index in [2.05, 4.69) is 25.8 Å². The minimum absolute atomic E-state index is 0.158. The van der Waals surface area contributed by atoms with E-state index in [9.17, 15) is 4.79 Å². The molecule has 28 heavy (non-hydrogen) atoms. The lowest BCUT2D eigenvalue weighted by Gasteiger charge is -2.14. The Morgan fingerprint density at radius 2 is 1.79 bits per heavy atom. The molecule has 146 valence electrons. The molecular weight excluding hydrogens is 366 g/mol. The molecule has 0 bridgehead atoms. The number of ether oxygens (including phenoxy) is 3. The van der Waals surface area contributed by atoms with E-state index in [-0.39, 0.29) is 11.6 Å². The van der Waals surface area contributed by atoms with Crippen LogP contribution in [0.2, 0.25) is 0 Å². The highest BCUT2D eigenvalue weighted by Gasteiger charge is 2.15. The Hall–Kier alpha value is -3.82. The Morgan fingerprint density at radius 3 is 2.36 bits per heavy atom. The number of methoxy groups -OCH3 is 3. The second-order valence-corrected chi connectivity index (χ2v) is 5.58. The standard InChI is InChI=1S/C18H19N5O5/c1-10-7-15(23-28-10)22-17(24)12-5-6-19-18(21-12)20-11-8-13(25-2)16(27-4)14(9-11)26-3/h5-9H,1-4H3,(H,19,20,21)(H,22,23,24). The molecule has 10 nitrogen and oxygen atoms in total. The van der Waals surface area contributed by atoms with Crippen molar-refractivity contribution in [3.05, 3.63) is 41.9 Å². The van der Waals surface area contributed by atoms with Gasteiger partial charge in [0.25, 0.3) is 5.91 Å². The smallest absolute Gasteiger partial charge is 0.275 e. The minimum Gasteiger partial charge on any atom is -0.493 e. The van der Waals surface area contributed by atoms with Gasteiger partial charge in [-0.25, -0.2) is 9.97 Å². The Bertz CT molecular complexity index is 963. The molecule has 0 fully saturated rings. The fourth-order valence-corrected chi connectivity index (χ4v) is 2.43. The summed E-state index contributed by atoms with van der Waals surface area (Å²) in [5.41, 5.74) is 0.754. The third-order valence-corrected chi connectivity index (χ3v) is 3.68. The Labute approximate surface area is 160 Å². The maximum Gasteiger partial charge on any atom is 0.275 e. The first kappa shape index (κ1) is 19.0. The zero-order valence-electron chi connectivity index (χ0n) is 15.8. The first-order valence-corrected chi connectivity index (χ1v) is 8.18. The van der Waals surface area contributed by atoms with Gasteiger partial charge in [-0.3, -0.25) is 4.79 Å². The predicted molar refractivity (Wildman–Crippen MR) is 101 cm³/mol. The van der Waals surface area contributed by atoms with E-state index in [0.29, 0.717) is 34.5 Å². The van der Waals surface area contributed by atoms with E-state index in [1.807, 2.05) is 0 Å². The van der Waals surface area contributed by atoms with Crippen LogP contribution in [0.15, 0.2) is 35.0 Å². The number of hydrogen-bond donors (Lipinski definition) is 2. The summed E-state index contributed by atoms with van der Waals surface area (Å²) in [6.45, 7) is 1.73. The summed E-state index contributed by atoms with van der Waals surface area (Å²) in [5, 5.41) is 9.34. The summed E-state index contributed by atoms with van der Waals surface area (Å²) in [4.78, 5) is 20.7. The van der Waals surface area contributed by atoms with E-state index in [1.54, 1.807) is 25.1 Å². The molecule has 0 spiro atoms. The molecule has 0 atom stereocenters. The molecule has 1 aromatic carbocycles. The van der Waals surface area contributed by atoms with Crippen molar-refractivity contribution in [2.24, 2.45) is 0 Å². The van der Waals surface area contributed by atoms with Crippen molar-refractivity contribution in [1.82, 2.24) is 15.1 Å². The zero-order valence-corrected chi connectivity index (χ0v) is 15.8. The van der Waals surface area contributed by atoms with Crippen molar-refractivity contribution < 1.29 is 23.5 Å². The third-order valence-electron chi connectivity index (χ3n) is 3.68. The molecule has 2 aromatic heterocycles. The molecule has 2 N–H and O–H groups in total. The quantitative estimate of drug-likeness (QED) is 0.632. The zero-order chi connectivity index (χ0) is 20.1. The molecule has 0 radical (unpaired) electrons. The van der Waals surface area contributed by atoms with Crippen molar-refractivity contribution in [1.29, 1.82) is 0 Å². The number of amides is 1. The van der Waals surface area contributed by atoms with Crippen LogP contribution in [0.5, 0.6) is 17.2 Å². The average molecular weight is 385 g/mol. The lowest BCUT2D eigenvalue weighted by molar-refractivity contribution is 0.102. The lowest BCUT2D eigenvalue weighted by Crippen LogP contribution is -2.15. The molecule has 0 aliphatic carbocycles. The Balaban J connectivity index is 1.82. The van der Waals surface area contributed by atoms with E-state index in [0.717, 1.165) is 0 Å². The van der Waals surface area contributed by atoms with Gasteiger partial charge >= 0.3 is 0 Å². The van der Waals surface area contributed by atoms with Gasteiger partial charge in [0.15, 0.2) is 17.3 Å². The topological polar surface area (TPSA) is 121 Å². The normalized spacial score (nSPS) is 10.3. The second-order valence-electron chi connectivity index (χ2n) is 5.58. The third kappa shape index (κ3) is 4.11. The fraction of sp³-hybridized carbons (Fsp3) is 0.222. The van der Waals surface area contributed by atoms with Crippen LogP contribution >= 0.6 is 0 Å². The van der Waals surface area contributed by atoms with E-state index in [4.69, 9.17) is 18.7 Å². The molecule has 2 heterocycles. The summed E-state index contributed by atoms with van der Waals surface area (Å²) in [5.74, 6) is 2.08. The van der Waals surface area contributed by atoms with Gasteiger partial charge in [-0.2, -0.15) is 0 Å². The van der Waals surface area contributed by atoms with Crippen LogP contribution in [0, 0.1) is 6.92 Å². The number of aryl methyl sites for hydroxylation is 1. The molecule has 3 rings (SSSR count). The van der Waals surface area contributed by atoms with Gasteiger partial charge < -0.3 is 29.4 Å². The van der Waals surface area contributed by atoms with Crippen molar-refractivity contribution in [3.63, 3.8) is 0 Å². The number of aromatic nitrogens is 3. The summed E-state index contributed by atoms with van der Waals surface area (Å²) in [6.07, 6.45) is 1.47. The molecule has 0 saturated heterocycles. The molecule has 10 heteroatoms. The molecule has 0 unspecified atom stereocenters. The lowest BCUT2D eigenvalue weighted by atomic mass is 10.2. The number of benzene rings is 1. The number of hydrogen-bond acceptors (Lipinski definition) is 9. The van der Waals surface area contributed by atoms with Gasteiger partial charge in [0, 0.05) is 30.1 Å². The van der Waals surface area contributed by atoms with Crippen LogP contribution in [-0.2, 0) is 0 Å². The van der Waals surface area contributed by atoms with E-state index < -0.39 is 5.91 Å². The van der Waals surface area contributed by atoms with Crippen LogP contribution in [0.4, 0.5) is 17.5 Å². The fourth-order valence-electron chi connectivity index (χ4n) is 2.43. The van der Waals surface area contributed by atoms with Crippen LogP contribution in [0.25, 0.3) is 0 Å². The van der Waals surface area contributed by atoms with E-state index in [1.165, 1.54) is 33.6 Å². The monoisotopic (exact) mass is 385 g/mol. The van der Waals surface area contributed by atoms with Gasteiger partial charge in [0.05, 0.1) is 21.3 Å². The van der Waals surface area contributed by atoms with Crippen LogP contribution < -0.4 is 24.8 Å². The molecule has 3 aromatic rings. The number of carbonyl (C=O) groups excluding carboxylic acids is 1. The SMILES string of the molecule is COc1cc(Nc2nccc(C(=O)Nc3cc(C)on3)n2)cc(OC)c1OC. The first-order valence-electron chi connectivity index (χ1n) is 8.18. The molecule has 1 amide bonds. The van der Waals surface area contributed by atoms with Gasteiger partial charge in [-0.15, -0.1) is 0 Å². The minimum atomic E-state index is -0.441. The van der Waals surface area contributed by atoms with Crippen LogP contribution in [-0.4, -0.2) is 42.4 Å². The molecule has 0 saturated carbocycles. The number of anilines is 3. The summed E-state index contributed by atoms with van der Waals surface area (Å²) in [7, 11) is 4.57. The number of rotatable bonds is 7. The predicted octanol–water partition coefficient (Wildman–Crippen LogP) is 2.79. The van der Waals surface area contributed by atoms with Gasteiger partial charge in [-0.1, -0.05) is 5.16 Å². The Kier molecular flexibility index (Phi) is 5.58. The van der Waals surface area contributed by atoms with E-state index >= 15 is 0 Å². The maximum absolute atomic E-state index is 12.3. The largest absolute Gasteiger partial charge is 0.493 e. The molecular formula is C18H19N5O5. The second kappa shape index (κ2) is 8.25. The summed E-state index contributed by atoms with van der Waals surface area (Å²) >= 11 is 0. The van der Waals surface area contributed by atoms with Gasteiger partial charge in [0.1, 0.15) is 11.5 Å². The first-order chi connectivity index (χ1) is 13.5. The molecule has 0 aliphatic heterocycles. The number of nitrogens with one attached hydrogen (secondary N) is 2. The highest BCUT2D eigenvalue weighted by molar-refractivity contribution is 6.02. The van der Waals surface area contributed by atoms with Crippen LogP contribution in [0.1, 0.15) is 16.2 Å². The number of carbonyl (C=O) groups is 1. The Morgan fingerprint density at radius 1 is 1.07 bits per heavy atom. The average Bonchev–Trinajstić information content (AvgIpc) is 3.11. The van der Waals surface area contributed by atoms with Gasteiger partial charge in [-0.05, 0) is 13.0 Å². The summed E-state index contributed by atoms with van der Waals surface area (Å²) < 4.78 is 20.9. The van der Waals surface area contributed by atoms with Crippen molar-refractivity contribution in [2.75, 3.05) is 32.0 Å². The number of nitrogens with zero attached hydrogens (tertiary/aromatic N) is 3. The molecule has 0 aliphatic rings. The summed E-state index contributed by atoms with van der Waals surface area (Å²) in [6, 6.07) is 6.50. The van der Waals surface area contributed by atoms with Crippen molar-refractivity contribution in [3.8, 4) is 17.2 Å². The van der Waals surface area contributed by atoms with Gasteiger partial charge in [0.2, 0.25) is 11.7 Å². The van der Waals surface area contributed by atoms with Crippen molar-refractivity contribution >= 4 is 23.4 Å².